The van der Waals surface area contributed by atoms with Crippen LogP contribution in [0, 0.1) is 11.3 Å². The third kappa shape index (κ3) is 3.75. The van der Waals surface area contributed by atoms with Crippen molar-refractivity contribution in [3.8, 4) is 17.6 Å². The second-order valence-electron chi connectivity index (χ2n) is 4.24. The number of rotatable bonds is 5. The van der Waals surface area contributed by atoms with Crippen molar-refractivity contribution in [3.05, 3.63) is 58.1 Å². The highest BCUT2D eigenvalue weighted by Crippen LogP contribution is 2.26. The van der Waals surface area contributed by atoms with Gasteiger partial charge in [0.15, 0.2) is 0 Å². The van der Waals surface area contributed by atoms with Gasteiger partial charge in [-0.1, -0.05) is 18.2 Å². The summed E-state index contributed by atoms with van der Waals surface area (Å²) < 4.78 is 11.8. The number of halogens is 1. The van der Waals surface area contributed by atoms with Crippen molar-refractivity contribution >= 4 is 15.9 Å². The zero-order valence-electron chi connectivity index (χ0n) is 11.1. The van der Waals surface area contributed by atoms with Crippen molar-refractivity contribution < 1.29 is 9.47 Å². The lowest BCUT2D eigenvalue weighted by Crippen LogP contribution is -1.96. The maximum atomic E-state index is 8.61. The number of methoxy groups -OCH3 is 1. The van der Waals surface area contributed by atoms with E-state index in [4.69, 9.17) is 14.7 Å². The molecule has 0 saturated heterocycles. The van der Waals surface area contributed by atoms with Crippen LogP contribution in [0.1, 0.15) is 11.1 Å². The van der Waals surface area contributed by atoms with Gasteiger partial charge < -0.3 is 9.47 Å². The van der Waals surface area contributed by atoms with Crippen LogP contribution in [0.4, 0.5) is 0 Å². The summed E-state index contributed by atoms with van der Waals surface area (Å²) in [6.45, 7) is 0.486. The van der Waals surface area contributed by atoms with Crippen LogP contribution < -0.4 is 9.47 Å². The Morgan fingerprint density at radius 3 is 2.40 bits per heavy atom. The monoisotopic (exact) mass is 331 g/mol. The smallest absolute Gasteiger partial charge is 0.133 e. The highest BCUT2D eigenvalue weighted by atomic mass is 79.9. The topological polar surface area (TPSA) is 42.2 Å². The Morgan fingerprint density at radius 2 is 1.80 bits per heavy atom. The molecule has 2 rings (SSSR count). The zero-order valence-corrected chi connectivity index (χ0v) is 12.7. The summed E-state index contributed by atoms with van der Waals surface area (Å²) in [6.07, 6.45) is 0.422. The van der Waals surface area contributed by atoms with Crippen molar-refractivity contribution in [1.82, 2.24) is 0 Å². The molecule has 2 aromatic rings. The molecular weight excluding hydrogens is 318 g/mol. The molecule has 0 spiro atoms. The van der Waals surface area contributed by atoms with Gasteiger partial charge >= 0.3 is 0 Å². The first-order valence-corrected chi connectivity index (χ1v) is 6.93. The van der Waals surface area contributed by atoms with Gasteiger partial charge in [0.05, 0.1) is 24.1 Å². The molecule has 0 saturated carbocycles. The third-order valence-corrected chi connectivity index (χ3v) is 3.45. The van der Waals surface area contributed by atoms with Crippen LogP contribution in [-0.2, 0) is 13.0 Å². The summed E-state index contributed by atoms with van der Waals surface area (Å²) in [5.74, 6) is 1.59. The Balaban J connectivity index is 1.98. The molecule has 4 heteroatoms. The molecule has 0 unspecified atom stereocenters. The number of nitriles is 1. The predicted octanol–water partition coefficient (Wildman–Crippen LogP) is 4.10. The lowest BCUT2D eigenvalue weighted by atomic mass is 10.2. The second-order valence-corrected chi connectivity index (χ2v) is 5.09. The van der Waals surface area contributed by atoms with Crippen LogP contribution in [0.2, 0.25) is 0 Å². The number of ether oxygens (including phenoxy) is 2. The molecular formula is C16H14BrNO2. The molecule has 0 fully saturated rings. The normalized spacial score (nSPS) is 9.85. The van der Waals surface area contributed by atoms with Gasteiger partial charge in [-0.05, 0) is 51.3 Å². The van der Waals surface area contributed by atoms with Crippen molar-refractivity contribution in [2.24, 2.45) is 0 Å². The molecule has 2 aromatic carbocycles. The predicted molar refractivity (Wildman–Crippen MR) is 80.8 cm³/mol. The minimum atomic E-state index is 0.422. The Kier molecular flexibility index (Phi) is 5.03. The molecule has 3 nitrogen and oxygen atoms in total. The molecule has 0 aliphatic heterocycles. The average Bonchev–Trinajstić information content (AvgIpc) is 2.47. The SMILES string of the molecule is COc1ccc(COc2ccc(CC#N)cc2)cc1Br. The lowest BCUT2D eigenvalue weighted by Gasteiger charge is -2.09. The van der Waals surface area contributed by atoms with Gasteiger partial charge in [0.25, 0.3) is 0 Å². The average molecular weight is 332 g/mol. The second kappa shape index (κ2) is 6.97. The number of hydrogen-bond donors (Lipinski definition) is 0. The van der Waals surface area contributed by atoms with Crippen LogP contribution in [0.15, 0.2) is 46.9 Å². The molecule has 0 heterocycles. The van der Waals surface area contributed by atoms with Gasteiger partial charge in [-0.15, -0.1) is 0 Å². The number of hydrogen-bond acceptors (Lipinski definition) is 3. The molecule has 0 aliphatic carbocycles. The third-order valence-electron chi connectivity index (χ3n) is 2.83. The molecule has 0 amide bonds. The quantitative estimate of drug-likeness (QED) is 0.828. The fourth-order valence-corrected chi connectivity index (χ4v) is 2.35. The van der Waals surface area contributed by atoms with Crippen molar-refractivity contribution in [2.45, 2.75) is 13.0 Å². The Labute approximate surface area is 126 Å². The first-order valence-electron chi connectivity index (χ1n) is 6.14. The van der Waals surface area contributed by atoms with Crippen molar-refractivity contribution in [2.75, 3.05) is 7.11 Å². The summed E-state index contributed by atoms with van der Waals surface area (Å²) in [5.41, 5.74) is 2.05. The van der Waals surface area contributed by atoms with E-state index in [0.717, 1.165) is 27.1 Å². The van der Waals surface area contributed by atoms with Crippen molar-refractivity contribution in [1.29, 1.82) is 5.26 Å². The highest BCUT2D eigenvalue weighted by molar-refractivity contribution is 9.10. The maximum Gasteiger partial charge on any atom is 0.133 e. The molecule has 0 aromatic heterocycles. The van der Waals surface area contributed by atoms with Gasteiger partial charge in [0.1, 0.15) is 18.1 Å². The van der Waals surface area contributed by atoms with Gasteiger partial charge in [-0.3, -0.25) is 0 Å². The summed E-state index contributed by atoms with van der Waals surface area (Å²) in [4.78, 5) is 0. The van der Waals surface area contributed by atoms with E-state index in [2.05, 4.69) is 22.0 Å². The minimum Gasteiger partial charge on any atom is -0.496 e. The zero-order chi connectivity index (χ0) is 14.4. The lowest BCUT2D eigenvalue weighted by molar-refractivity contribution is 0.306. The van der Waals surface area contributed by atoms with Gasteiger partial charge in [0.2, 0.25) is 0 Å². The van der Waals surface area contributed by atoms with Gasteiger partial charge in [0, 0.05) is 0 Å². The summed E-state index contributed by atoms with van der Waals surface area (Å²) in [6, 6.07) is 15.5. The number of benzene rings is 2. The summed E-state index contributed by atoms with van der Waals surface area (Å²) in [7, 11) is 1.64. The van der Waals surface area contributed by atoms with Gasteiger partial charge in [-0.25, -0.2) is 0 Å². The first kappa shape index (κ1) is 14.4. The van der Waals surface area contributed by atoms with Gasteiger partial charge in [-0.2, -0.15) is 5.26 Å². The van der Waals surface area contributed by atoms with Crippen LogP contribution >= 0.6 is 15.9 Å². The molecule has 0 atom stereocenters. The van der Waals surface area contributed by atoms with Crippen LogP contribution in [0.25, 0.3) is 0 Å². The Morgan fingerprint density at radius 1 is 1.10 bits per heavy atom. The minimum absolute atomic E-state index is 0.422. The van der Waals surface area contributed by atoms with Crippen molar-refractivity contribution in [3.63, 3.8) is 0 Å². The van der Waals surface area contributed by atoms with E-state index in [9.17, 15) is 0 Å². The first-order chi connectivity index (χ1) is 9.72. The Hall–Kier alpha value is -1.99. The molecule has 0 radical (unpaired) electrons. The molecule has 0 aliphatic rings. The van der Waals surface area contributed by atoms with E-state index in [-0.39, 0.29) is 0 Å². The van der Waals surface area contributed by atoms with E-state index in [1.54, 1.807) is 7.11 Å². The van der Waals surface area contributed by atoms with E-state index in [1.165, 1.54) is 0 Å². The Bertz CT molecular complexity index is 617. The maximum absolute atomic E-state index is 8.61. The molecule has 20 heavy (non-hydrogen) atoms. The molecule has 102 valence electrons. The summed E-state index contributed by atoms with van der Waals surface area (Å²) in [5, 5.41) is 8.61. The fraction of sp³-hybridized carbons (Fsp3) is 0.188. The summed E-state index contributed by atoms with van der Waals surface area (Å²) >= 11 is 3.45. The largest absolute Gasteiger partial charge is 0.496 e. The van der Waals surface area contributed by atoms with Crippen LogP contribution in [0.5, 0.6) is 11.5 Å². The van der Waals surface area contributed by atoms with Crippen LogP contribution in [0.3, 0.4) is 0 Å². The number of nitrogens with zero attached hydrogens (tertiary/aromatic N) is 1. The highest BCUT2D eigenvalue weighted by Gasteiger charge is 2.02. The molecule has 0 N–H and O–H groups in total. The fourth-order valence-electron chi connectivity index (χ4n) is 1.76. The van der Waals surface area contributed by atoms with E-state index < -0.39 is 0 Å². The molecule has 0 bridgehead atoms. The standard InChI is InChI=1S/C16H14BrNO2/c1-19-16-7-4-13(10-15(16)17)11-20-14-5-2-12(3-6-14)8-9-18/h2-7,10H,8,11H2,1H3. The van der Waals surface area contributed by atoms with E-state index >= 15 is 0 Å². The van der Waals surface area contributed by atoms with Crippen LogP contribution in [-0.4, -0.2) is 7.11 Å². The van der Waals surface area contributed by atoms with E-state index in [0.29, 0.717) is 13.0 Å². The van der Waals surface area contributed by atoms with E-state index in [1.807, 2.05) is 42.5 Å².